The van der Waals surface area contributed by atoms with E-state index >= 15 is 0 Å². The summed E-state index contributed by atoms with van der Waals surface area (Å²) in [5.74, 6) is 1.81. The molecule has 0 aliphatic rings. The molecule has 0 aliphatic carbocycles. The van der Waals surface area contributed by atoms with Gasteiger partial charge in [0.2, 0.25) is 0 Å². The van der Waals surface area contributed by atoms with Gasteiger partial charge in [-0.1, -0.05) is 55.5 Å². The molecule has 0 bridgehead atoms. The van der Waals surface area contributed by atoms with Crippen LogP contribution in [0.3, 0.4) is 0 Å². The fourth-order valence-electron chi connectivity index (χ4n) is 4.48. The maximum Gasteiger partial charge on any atom is 0.126 e. The molecule has 0 radical (unpaired) electrons. The molecule has 154 valence electrons. The molecule has 30 heavy (non-hydrogen) atoms. The predicted octanol–water partition coefficient (Wildman–Crippen LogP) is 5.83. The van der Waals surface area contributed by atoms with Gasteiger partial charge in [0.15, 0.2) is 0 Å². The highest BCUT2D eigenvalue weighted by Crippen LogP contribution is 2.38. The second-order valence-electron chi connectivity index (χ2n) is 7.59. The highest BCUT2D eigenvalue weighted by atomic mass is 16.5. The molecule has 0 aromatic heterocycles. The summed E-state index contributed by atoms with van der Waals surface area (Å²) in [4.78, 5) is 0. The van der Waals surface area contributed by atoms with Crippen LogP contribution in [0.1, 0.15) is 29.2 Å². The number of rotatable bonds is 7. The first-order valence-electron chi connectivity index (χ1n) is 10.5. The Labute approximate surface area is 177 Å². The smallest absolute Gasteiger partial charge is 0.126 e. The van der Waals surface area contributed by atoms with Crippen LogP contribution in [-0.2, 0) is 12.8 Å². The largest absolute Gasteiger partial charge is 0.496 e. The van der Waals surface area contributed by atoms with Crippen LogP contribution < -0.4 is 9.47 Å². The van der Waals surface area contributed by atoms with Gasteiger partial charge in [-0.05, 0) is 58.1 Å². The molecule has 0 fully saturated rings. The zero-order chi connectivity index (χ0) is 21.1. The van der Waals surface area contributed by atoms with Gasteiger partial charge in [-0.2, -0.15) is 0 Å². The summed E-state index contributed by atoms with van der Waals surface area (Å²) in [6.45, 7) is 4.51. The second-order valence-corrected chi connectivity index (χ2v) is 7.59. The van der Waals surface area contributed by atoms with E-state index < -0.39 is 0 Å². The molecule has 0 saturated carbocycles. The van der Waals surface area contributed by atoms with Crippen molar-refractivity contribution in [2.24, 2.45) is 0 Å². The van der Waals surface area contributed by atoms with Crippen LogP contribution >= 0.6 is 0 Å². The second kappa shape index (κ2) is 8.76. The van der Waals surface area contributed by atoms with Crippen LogP contribution in [0.5, 0.6) is 11.5 Å². The molecule has 4 aromatic rings. The minimum Gasteiger partial charge on any atom is -0.496 e. The molecular weight excluding hydrogens is 372 g/mol. The van der Waals surface area contributed by atoms with E-state index in [1.54, 1.807) is 7.11 Å². The van der Waals surface area contributed by atoms with Crippen LogP contribution in [0, 0.1) is 6.92 Å². The Balaban J connectivity index is 1.95. The number of benzene rings is 4. The van der Waals surface area contributed by atoms with Gasteiger partial charge in [-0.15, -0.1) is 0 Å². The van der Waals surface area contributed by atoms with E-state index in [1.807, 2.05) is 0 Å². The summed E-state index contributed by atoms with van der Waals surface area (Å²) in [6.07, 6.45) is 1.60. The number of aryl methyl sites for hydroxylation is 2. The lowest BCUT2D eigenvalue weighted by Crippen LogP contribution is -2.07. The Morgan fingerprint density at radius 2 is 1.47 bits per heavy atom. The van der Waals surface area contributed by atoms with Crippen molar-refractivity contribution in [3.63, 3.8) is 0 Å². The molecule has 0 saturated heterocycles. The standard InChI is InChI=1S/C27H28O3/c1-4-22-23-11-7-6-10-20(23)16-21(27(22)29-3)17-25-24-12-8-5-9-19(24)15-18(2)26(25)30-14-13-28/h5-12,15-16,28H,4,13-14,17H2,1-3H3. The van der Waals surface area contributed by atoms with E-state index in [1.165, 1.54) is 27.1 Å². The molecule has 0 unspecified atom stereocenters. The molecule has 3 heteroatoms. The molecule has 3 nitrogen and oxygen atoms in total. The molecule has 4 rings (SSSR count). The average Bonchev–Trinajstić information content (AvgIpc) is 2.77. The minimum atomic E-state index is -0.00894. The number of hydrogen-bond acceptors (Lipinski definition) is 3. The normalized spacial score (nSPS) is 11.2. The van der Waals surface area contributed by atoms with Crippen molar-refractivity contribution in [2.75, 3.05) is 20.3 Å². The quantitative estimate of drug-likeness (QED) is 0.424. The van der Waals surface area contributed by atoms with Crippen molar-refractivity contribution in [1.82, 2.24) is 0 Å². The number of aliphatic hydroxyl groups is 1. The van der Waals surface area contributed by atoms with Gasteiger partial charge < -0.3 is 14.6 Å². The van der Waals surface area contributed by atoms with Crippen molar-refractivity contribution >= 4 is 21.5 Å². The maximum atomic E-state index is 9.34. The number of fused-ring (bicyclic) bond motifs is 2. The number of hydrogen-bond donors (Lipinski definition) is 1. The first-order chi connectivity index (χ1) is 14.7. The Morgan fingerprint density at radius 1 is 0.833 bits per heavy atom. The van der Waals surface area contributed by atoms with E-state index in [0.29, 0.717) is 6.42 Å². The fourth-order valence-corrected chi connectivity index (χ4v) is 4.48. The molecule has 0 heterocycles. The molecule has 4 aromatic carbocycles. The van der Waals surface area contributed by atoms with E-state index in [0.717, 1.165) is 34.6 Å². The van der Waals surface area contributed by atoms with E-state index in [9.17, 15) is 5.11 Å². The average molecular weight is 401 g/mol. The summed E-state index contributed by atoms with van der Waals surface area (Å²) >= 11 is 0. The Morgan fingerprint density at radius 3 is 2.10 bits per heavy atom. The van der Waals surface area contributed by atoms with Crippen molar-refractivity contribution in [2.45, 2.75) is 26.7 Å². The van der Waals surface area contributed by atoms with Gasteiger partial charge >= 0.3 is 0 Å². The van der Waals surface area contributed by atoms with Crippen LogP contribution in [0.4, 0.5) is 0 Å². The first kappa shape index (κ1) is 20.2. The summed E-state index contributed by atoms with van der Waals surface area (Å²) in [7, 11) is 1.75. The SMILES string of the molecule is CCc1c(OC)c(Cc2c(OCCO)c(C)cc3ccccc23)cc2ccccc12. The van der Waals surface area contributed by atoms with Crippen LogP contribution in [0.25, 0.3) is 21.5 Å². The molecular formula is C27H28O3. The topological polar surface area (TPSA) is 38.7 Å². The third-order valence-corrected chi connectivity index (χ3v) is 5.73. The van der Waals surface area contributed by atoms with Gasteiger partial charge in [0.25, 0.3) is 0 Å². The summed E-state index contributed by atoms with van der Waals surface area (Å²) < 4.78 is 12.0. The molecule has 0 amide bonds. The number of ether oxygens (including phenoxy) is 2. The fraction of sp³-hybridized carbons (Fsp3) is 0.259. The summed E-state index contributed by atoms with van der Waals surface area (Å²) in [5, 5.41) is 14.2. The van der Waals surface area contributed by atoms with E-state index in [-0.39, 0.29) is 13.2 Å². The predicted molar refractivity (Wildman–Crippen MR) is 124 cm³/mol. The molecule has 0 aliphatic heterocycles. The zero-order valence-corrected chi connectivity index (χ0v) is 17.9. The van der Waals surface area contributed by atoms with Gasteiger partial charge in [-0.25, -0.2) is 0 Å². The monoisotopic (exact) mass is 400 g/mol. The molecule has 1 N–H and O–H groups in total. The lowest BCUT2D eigenvalue weighted by Gasteiger charge is -2.20. The highest BCUT2D eigenvalue weighted by molar-refractivity contribution is 5.91. The summed E-state index contributed by atoms with van der Waals surface area (Å²) in [5.41, 5.74) is 4.60. The van der Waals surface area contributed by atoms with Crippen LogP contribution in [0.15, 0.2) is 60.7 Å². The Kier molecular flexibility index (Phi) is 5.91. The summed E-state index contributed by atoms with van der Waals surface area (Å²) in [6, 6.07) is 21.3. The van der Waals surface area contributed by atoms with E-state index in [4.69, 9.17) is 9.47 Å². The zero-order valence-electron chi connectivity index (χ0n) is 17.9. The lowest BCUT2D eigenvalue weighted by molar-refractivity contribution is 0.200. The van der Waals surface area contributed by atoms with Gasteiger partial charge in [0.1, 0.15) is 18.1 Å². The van der Waals surface area contributed by atoms with Crippen molar-refractivity contribution < 1.29 is 14.6 Å². The van der Waals surface area contributed by atoms with Crippen molar-refractivity contribution in [3.05, 3.63) is 82.9 Å². The molecule has 0 spiro atoms. The van der Waals surface area contributed by atoms with Gasteiger partial charge in [0.05, 0.1) is 13.7 Å². The van der Waals surface area contributed by atoms with Crippen molar-refractivity contribution in [3.8, 4) is 11.5 Å². The third-order valence-electron chi connectivity index (χ3n) is 5.73. The van der Waals surface area contributed by atoms with Gasteiger partial charge in [-0.3, -0.25) is 0 Å². The van der Waals surface area contributed by atoms with Gasteiger partial charge in [0, 0.05) is 17.5 Å². The van der Waals surface area contributed by atoms with E-state index in [2.05, 4.69) is 74.5 Å². The first-order valence-corrected chi connectivity index (χ1v) is 10.5. The Bertz CT molecular complexity index is 1190. The number of aliphatic hydroxyl groups excluding tert-OH is 1. The third kappa shape index (κ3) is 3.61. The maximum absolute atomic E-state index is 9.34. The van der Waals surface area contributed by atoms with Crippen molar-refractivity contribution in [1.29, 1.82) is 0 Å². The highest BCUT2D eigenvalue weighted by Gasteiger charge is 2.18. The Hall–Kier alpha value is -3.04. The lowest BCUT2D eigenvalue weighted by atomic mass is 9.91. The van der Waals surface area contributed by atoms with Crippen LogP contribution in [0.2, 0.25) is 0 Å². The van der Waals surface area contributed by atoms with Crippen LogP contribution in [-0.4, -0.2) is 25.4 Å². The minimum absolute atomic E-state index is 0.00894. The number of methoxy groups -OCH3 is 1. The molecule has 0 atom stereocenters.